The van der Waals surface area contributed by atoms with Crippen molar-refractivity contribution in [3.63, 3.8) is 0 Å². The van der Waals surface area contributed by atoms with Gasteiger partial charge in [0.1, 0.15) is 5.82 Å². The molecule has 234 valence electrons. The second-order valence-corrected chi connectivity index (χ2v) is 12.8. The Balaban J connectivity index is 1.25. The van der Waals surface area contributed by atoms with E-state index in [1.54, 1.807) is 0 Å². The van der Waals surface area contributed by atoms with E-state index < -0.39 is 0 Å². The summed E-state index contributed by atoms with van der Waals surface area (Å²) in [5, 5.41) is 2.44. The highest BCUT2D eigenvalue weighted by Crippen LogP contribution is 2.52. The third-order valence-electron chi connectivity index (χ3n) is 9.93. The number of aromatic nitrogens is 4. The molecule has 50 heavy (non-hydrogen) atoms. The Kier molecular flexibility index (Phi) is 6.53. The smallest absolute Gasteiger partial charge is 0.163 e. The Morgan fingerprint density at radius 3 is 1.70 bits per heavy atom. The van der Waals surface area contributed by atoms with Gasteiger partial charge < -0.3 is 4.57 Å². The zero-order valence-corrected chi connectivity index (χ0v) is 27.1. The van der Waals surface area contributed by atoms with Gasteiger partial charge in [0.15, 0.2) is 11.6 Å². The minimum absolute atomic E-state index is 0.204. The van der Waals surface area contributed by atoms with Crippen LogP contribution in [0.5, 0.6) is 0 Å². The molecule has 0 saturated heterocycles. The average molecular weight is 639 g/mol. The van der Waals surface area contributed by atoms with E-state index in [-0.39, 0.29) is 5.92 Å². The van der Waals surface area contributed by atoms with Crippen molar-refractivity contribution in [3.05, 3.63) is 193 Å². The molecular weight excluding hydrogens is 609 g/mol. The van der Waals surface area contributed by atoms with Crippen molar-refractivity contribution in [1.82, 2.24) is 19.5 Å². The molecule has 1 unspecified atom stereocenters. The molecule has 9 aromatic rings. The summed E-state index contributed by atoms with van der Waals surface area (Å²) in [5.74, 6) is 1.86. The number of rotatable bonds is 5. The lowest BCUT2D eigenvalue weighted by Crippen LogP contribution is -2.10. The van der Waals surface area contributed by atoms with Crippen molar-refractivity contribution in [2.24, 2.45) is 0 Å². The average Bonchev–Trinajstić information content (AvgIpc) is 3.72. The second kappa shape index (κ2) is 11.5. The van der Waals surface area contributed by atoms with Gasteiger partial charge in [0.05, 0.1) is 17.0 Å². The van der Waals surface area contributed by atoms with E-state index in [4.69, 9.17) is 15.0 Å². The van der Waals surface area contributed by atoms with Crippen molar-refractivity contribution in [2.45, 2.75) is 5.92 Å². The number of nitrogens with zero attached hydrogens (tertiary/aromatic N) is 4. The first kappa shape index (κ1) is 28.4. The van der Waals surface area contributed by atoms with Crippen LogP contribution in [0.2, 0.25) is 0 Å². The SMILES string of the molecule is c1ccc(-c2ccc(-c3nc(-c4ccccc4)nc(C4c5ccccc5-c5ccc6c7ccccc7n(-c7ccccc7)c6c54)n3)cc2)cc1. The summed E-state index contributed by atoms with van der Waals surface area (Å²) in [6, 6.07) is 61.9. The van der Waals surface area contributed by atoms with Crippen LogP contribution < -0.4 is 0 Å². The van der Waals surface area contributed by atoms with Gasteiger partial charge in [0, 0.05) is 27.6 Å². The maximum Gasteiger partial charge on any atom is 0.163 e. The number of hydrogen-bond acceptors (Lipinski definition) is 3. The van der Waals surface area contributed by atoms with Gasteiger partial charge in [-0.15, -0.1) is 0 Å². The number of para-hydroxylation sites is 2. The number of fused-ring (bicyclic) bond motifs is 7. The van der Waals surface area contributed by atoms with Crippen LogP contribution in [0, 0.1) is 0 Å². The fraction of sp³-hybridized carbons (Fsp3) is 0.0217. The maximum atomic E-state index is 5.34. The van der Waals surface area contributed by atoms with E-state index >= 15 is 0 Å². The summed E-state index contributed by atoms with van der Waals surface area (Å²) in [6.45, 7) is 0. The molecule has 0 aliphatic heterocycles. The van der Waals surface area contributed by atoms with Crippen LogP contribution in [0.25, 0.3) is 72.5 Å². The van der Waals surface area contributed by atoms with Crippen molar-refractivity contribution in [3.8, 4) is 50.7 Å². The van der Waals surface area contributed by atoms with E-state index in [0.717, 1.165) is 28.2 Å². The van der Waals surface area contributed by atoms with Gasteiger partial charge in [-0.3, -0.25) is 0 Å². The minimum Gasteiger partial charge on any atom is -0.309 e. The topological polar surface area (TPSA) is 43.6 Å². The van der Waals surface area contributed by atoms with Crippen molar-refractivity contribution in [1.29, 1.82) is 0 Å². The molecule has 1 atom stereocenters. The Bertz CT molecular complexity index is 2680. The molecule has 0 radical (unpaired) electrons. The molecule has 0 N–H and O–H groups in total. The first-order valence-electron chi connectivity index (χ1n) is 17.0. The normalized spacial score (nSPS) is 13.4. The molecule has 2 heterocycles. The summed E-state index contributed by atoms with van der Waals surface area (Å²) in [7, 11) is 0. The zero-order chi connectivity index (χ0) is 33.0. The largest absolute Gasteiger partial charge is 0.309 e. The molecule has 4 nitrogen and oxygen atoms in total. The van der Waals surface area contributed by atoms with Gasteiger partial charge in [-0.05, 0) is 51.6 Å². The Labute approximate surface area is 290 Å². The van der Waals surface area contributed by atoms with Gasteiger partial charge >= 0.3 is 0 Å². The van der Waals surface area contributed by atoms with Crippen LogP contribution in [-0.4, -0.2) is 19.5 Å². The lowest BCUT2D eigenvalue weighted by molar-refractivity contribution is 0.857. The summed E-state index contributed by atoms with van der Waals surface area (Å²) >= 11 is 0. The predicted octanol–water partition coefficient (Wildman–Crippen LogP) is 11.1. The Morgan fingerprint density at radius 2 is 0.960 bits per heavy atom. The Hall–Kier alpha value is -6.65. The van der Waals surface area contributed by atoms with Crippen molar-refractivity contribution in [2.75, 3.05) is 0 Å². The summed E-state index contributed by atoms with van der Waals surface area (Å²) in [4.78, 5) is 15.7. The minimum atomic E-state index is -0.204. The number of benzene rings is 7. The van der Waals surface area contributed by atoms with E-state index in [2.05, 4.69) is 156 Å². The third-order valence-corrected chi connectivity index (χ3v) is 9.93. The van der Waals surface area contributed by atoms with E-state index in [0.29, 0.717) is 11.6 Å². The monoisotopic (exact) mass is 638 g/mol. The number of hydrogen-bond donors (Lipinski definition) is 0. The van der Waals surface area contributed by atoms with Crippen LogP contribution in [0.3, 0.4) is 0 Å². The zero-order valence-electron chi connectivity index (χ0n) is 27.1. The molecule has 0 spiro atoms. The highest BCUT2D eigenvalue weighted by atomic mass is 15.0. The molecule has 0 fully saturated rings. The van der Waals surface area contributed by atoms with Crippen molar-refractivity contribution < 1.29 is 0 Å². The fourth-order valence-electron chi connectivity index (χ4n) is 7.68. The van der Waals surface area contributed by atoms with Crippen LogP contribution in [0.4, 0.5) is 0 Å². The summed E-state index contributed by atoms with van der Waals surface area (Å²) in [5.41, 5.74) is 12.6. The fourth-order valence-corrected chi connectivity index (χ4v) is 7.68. The molecule has 1 aliphatic rings. The van der Waals surface area contributed by atoms with Gasteiger partial charge in [-0.1, -0.05) is 158 Å². The molecule has 0 bridgehead atoms. The third kappa shape index (κ3) is 4.50. The summed E-state index contributed by atoms with van der Waals surface area (Å²) in [6.07, 6.45) is 0. The predicted molar refractivity (Wildman–Crippen MR) is 203 cm³/mol. The van der Waals surface area contributed by atoms with Gasteiger partial charge in [0.25, 0.3) is 0 Å². The van der Waals surface area contributed by atoms with E-state index in [1.807, 2.05) is 24.3 Å². The molecule has 10 rings (SSSR count). The van der Waals surface area contributed by atoms with Crippen LogP contribution in [-0.2, 0) is 0 Å². The first-order chi connectivity index (χ1) is 24.8. The lowest BCUT2D eigenvalue weighted by Gasteiger charge is -2.18. The first-order valence-corrected chi connectivity index (χ1v) is 17.0. The van der Waals surface area contributed by atoms with Gasteiger partial charge in [-0.25, -0.2) is 15.0 Å². The molecule has 1 aliphatic carbocycles. The summed E-state index contributed by atoms with van der Waals surface area (Å²) < 4.78 is 2.42. The molecule has 0 saturated carbocycles. The molecule has 4 heteroatoms. The highest BCUT2D eigenvalue weighted by Gasteiger charge is 2.36. The lowest BCUT2D eigenvalue weighted by atomic mass is 9.93. The van der Waals surface area contributed by atoms with Crippen molar-refractivity contribution >= 4 is 21.8 Å². The van der Waals surface area contributed by atoms with Crippen LogP contribution in [0.1, 0.15) is 22.9 Å². The molecular formula is C46H30N4. The quantitative estimate of drug-likeness (QED) is 0.188. The van der Waals surface area contributed by atoms with Gasteiger partial charge in [-0.2, -0.15) is 0 Å². The van der Waals surface area contributed by atoms with E-state index in [1.165, 1.54) is 49.6 Å². The maximum absolute atomic E-state index is 5.34. The second-order valence-electron chi connectivity index (χ2n) is 12.8. The highest BCUT2D eigenvalue weighted by molar-refractivity contribution is 6.13. The van der Waals surface area contributed by atoms with E-state index in [9.17, 15) is 0 Å². The van der Waals surface area contributed by atoms with Gasteiger partial charge in [0.2, 0.25) is 0 Å². The molecule has 2 aromatic heterocycles. The standard InChI is InChI=1S/C46H30N4/c1-4-14-30(15-5-1)31-24-26-33(27-25-31)45-47-44(32-16-6-2-7-17-32)48-46(49-45)42-37-22-11-10-20-35(37)38-28-29-39-36-21-12-13-23-40(36)50(43(39)41(38)42)34-18-8-3-9-19-34/h1-29,42H. The molecule has 7 aromatic carbocycles. The van der Waals surface area contributed by atoms with Crippen LogP contribution >= 0.6 is 0 Å². The Morgan fingerprint density at radius 1 is 0.400 bits per heavy atom. The molecule has 0 amide bonds. The van der Waals surface area contributed by atoms with Crippen LogP contribution in [0.15, 0.2) is 176 Å².